The monoisotopic (exact) mass is 1820 g/mol. The predicted molar refractivity (Wildman–Crippen MR) is 465 cm³/mol. The molecule has 0 aliphatic rings. The maximum atomic E-state index is 13.4. The summed E-state index contributed by atoms with van der Waals surface area (Å²) < 4.78 is 125. The van der Waals surface area contributed by atoms with Gasteiger partial charge >= 0.3 is 23.9 Å². The lowest BCUT2D eigenvalue weighted by Gasteiger charge is -2.22. The topological polar surface area (TPSA) is 574 Å². The van der Waals surface area contributed by atoms with Crippen molar-refractivity contribution in [3.63, 3.8) is 0 Å². The quantitative estimate of drug-likeness (QED) is 0.0101. The second-order valence-electron chi connectivity index (χ2n) is 28.1. The van der Waals surface area contributed by atoms with E-state index >= 15 is 0 Å². The molecule has 0 saturated heterocycles. The molecule has 12 N–H and O–H groups in total. The molecule has 0 radical (unpaired) electrons. The van der Waals surface area contributed by atoms with Gasteiger partial charge in [0.1, 0.15) is 98.9 Å². The van der Waals surface area contributed by atoms with Crippen LogP contribution in [0.2, 0.25) is 0 Å². The van der Waals surface area contributed by atoms with Crippen molar-refractivity contribution in [2.75, 3.05) is 95.8 Å². The molecule has 0 aliphatic carbocycles. The molecule has 8 atom stereocenters. The summed E-state index contributed by atoms with van der Waals surface area (Å²) in [5, 5.41) is 10.6. The van der Waals surface area contributed by atoms with Gasteiger partial charge in [-0.05, 0) is 63.8 Å². The molecule has 0 aliphatic heterocycles. The van der Waals surface area contributed by atoms with Crippen LogP contribution in [-0.4, -0.2) is 205 Å². The van der Waals surface area contributed by atoms with E-state index < -0.39 is 54.0 Å². The first-order valence-corrected chi connectivity index (χ1v) is 46.3. The summed E-state index contributed by atoms with van der Waals surface area (Å²) in [6, 6.07) is 37.2. The zero-order chi connectivity index (χ0) is 90.7. The van der Waals surface area contributed by atoms with Crippen LogP contribution in [0.3, 0.4) is 0 Å². The van der Waals surface area contributed by atoms with E-state index in [0.29, 0.717) is 94.1 Å². The second kappa shape index (κ2) is 48.9. The second-order valence-corrected chi connectivity index (χ2v) is 36.8. The smallest absolute Gasteiger partial charge is 0.320 e. The fourth-order valence-corrected chi connectivity index (χ4v) is 16.9. The van der Waals surface area contributed by atoms with E-state index in [0.717, 1.165) is 22.3 Å². The van der Waals surface area contributed by atoms with Gasteiger partial charge < -0.3 is 97.2 Å². The molecule has 48 heteroatoms. The molecule has 44 nitrogen and oxygen atoms in total. The van der Waals surface area contributed by atoms with Gasteiger partial charge in [0.05, 0.1) is 130 Å². The van der Waals surface area contributed by atoms with Gasteiger partial charge in [-0.2, -0.15) is 0 Å². The number of nitrogens with two attached hydrogens (primary N) is 4. The van der Waals surface area contributed by atoms with E-state index in [2.05, 4.69) is 94.4 Å². The number of carbonyl (C=O) groups is 4. The van der Waals surface area contributed by atoms with E-state index in [-0.39, 0.29) is 109 Å². The van der Waals surface area contributed by atoms with Crippen LogP contribution in [0.4, 0.5) is 23.3 Å². The van der Waals surface area contributed by atoms with Gasteiger partial charge in [-0.15, -0.1) is 0 Å². The number of nitrogen functional groups attached to an aromatic ring is 4. The molecule has 12 rings (SSSR count). The number of esters is 4. The van der Waals surface area contributed by atoms with E-state index in [1.54, 1.807) is 57.4 Å². The Morgan fingerprint density at radius 2 is 0.540 bits per heavy atom. The standard InChI is InChI=1S/C21H29N6O5P.3C19H25N6O5P/c1-15(2)32-18(28)9-26-33(29,31-11-17-7-5-4-6-8-17)14-30-16(3)10-27-13-25-19-20(22)23-12-24-21(19)27;3*1-14(9-25-12-23-17-18(20)21-11-22-19(17)25)29-13-31(27,24-8-16(26)28-2)30-10-15-6-4-3-5-7-15/h4-8,12-13,15-16H,9-11,14H2,1-3H3,(H,26,29)(H2,22,23,24);3*3-7,11-12,14H,8-10,13H2,1-2H3,(H,24,27)(H2,20,21,22)/t16-,33-;2*14-,31+;14-,31-/m1111/s1. The molecule has 0 fully saturated rings. The molecular weight excluding hydrogens is 1720 g/mol. The fraction of sp³-hybridized carbons (Fsp3) is 0.385. The third kappa shape index (κ3) is 31.6. The number of rotatable bonds is 45. The first kappa shape index (κ1) is 98.4. The van der Waals surface area contributed by atoms with Crippen LogP contribution in [0.25, 0.3) is 44.7 Å². The third-order valence-corrected chi connectivity index (χ3v) is 24.4. The van der Waals surface area contributed by atoms with Crippen LogP contribution in [-0.2, 0) is 146 Å². The lowest BCUT2D eigenvalue weighted by molar-refractivity contribution is -0.146. The van der Waals surface area contributed by atoms with Crippen LogP contribution >= 0.6 is 30.1 Å². The molecule has 0 bridgehead atoms. The van der Waals surface area contributed by atoms with Crippen molar-refractivity contribution in [2.24, 2.45) is 0 Å². The van der Waals surface area contributed by atoms with Crippen LogP contribution in [0.1, 0.15) is 63.8 Å². The van der Waals surface area contributed by atoms with E-state index in [1.807, 2.05) is 149 Å². The molecule has 676 valence electrons. The zero-order valence-electron chi connectivity index (χ0n) is 70.8. The number of ether oxygens (including phenoxy) is 8. The number of imidazole rings is 4. The average Bonchev–Trinajstić information content (AvgIpc) is 1.68. The molecule has 0 spiro atoms. The molecule has 126 heavy (non-hydrogen) atoms. The number of nitrogens with one attached hydrogen (secondary N) is 4. The summed E-state index contributed by atoms with van der Waals surface area (Å²) in [7, 11) is -10.2. The van der Waals surface area contributed by atoms with Crippen molar-refractivity contribution in [1.29, 1.82) is 0 Å². The van der Waals surface area contributed by atoms with Crippen molar-refractivity contribution in [1.82, 2.24) is 98.4 Å². The highest BCUT2D eigenvalue weighted by atomic mass is 31.2. The summed E-state index contributed by atoms with van der Waals surface area (Å²) in [4.78, 5) is 95.8. The lowest BCUT2D eigenvalue weighted by Crippen LogP contribution is -2.28. The van der Waals surface area contributed by atoms with Gasteiger partial charge in [0.25, 0.3) is 30.1 Å². The normalized spacial score (nSPS) is 14.3. The fourth-order valence-electron chi connectivity index (χ4n) is 11.1. The number of anilines is 4. The molecule has 4 aromatic carbocycles. The Hall–Kier alpha value is -11.4. The van der Waals surface area contributed by atoms with Crippen molar-refractivity contribution in [2.45, 2.75) is 125 Å². The molecular formula is C78H104N24O20P4. The van der Waals surface area contributed by atoms with Crippen LogP contribution in [0, 0.1) is 0 Å². The van der Waals surface area contributed by atoms with E-state index in [1.165, 1.54) is 46.6 Å². The molecule has 8 heterocycles. The maximum Gasteiger partial charge on any atom is 0.320 e. The number of hydrogen-bond acceptors (Lipinski definition) is 36. The minimum atomic E-state index is -3.53. The van der Waals surface area contributed by atoms with Crippen LogP contribution < -0.4 is 43.3 Å². The molecule has 8 aromatic heterocycles. The molecule has 0 saturated carbocycles. The average molecular weight is 1820 g/mol. The first-order chi connectivity index (χ1) is 60.5. The summed E-state index contributed by atoms with van der Waals surface area (Å²) in [5.41, 5.74) is 31.0. The molecule has 0 unspecified atom stereocenters. The summed E-state index contributed by atoms with van der Waals surface area (Å²) in [6.07, 6.45) is 9.19. The largest absolute Gasteiger partial charge is 0.468 e. The summed E-state index contributed by atoms with van der Waals surface area (Å²) in [6.45, 7) is 11.7. The Labute approximate surface area is 725 Å². The Kier molecular flexibility index (Phi) is 38.2. The number of hydrogen-bond donors (Lipinski definition) is 8. The number of aromatic nitrogens is 16. The molecule has 12 aromatic rings. The van der Waals surface area contributed by atoms with Crippen LogP contribution in [0.5, 0.6) is 0 Å². The minimum absolute atomic E-state index is 0.102. The number of carbonyl (C=O) groups excluding carboxylic acids is 4. The predicted octanol–water partition coefficient (Wildman–Crippen LogP) is 8.55. The zero-order valence-corrected chi connectivity index (χ0v) is 74.4. The number of nitrogens with zero attached hydrogens (tertiary/aromatic N) is 16. The van der Waals surface area contributed by atoms with Crippen molar-refractivity contribution in [3.8, 4) is 0 Å². The highest BCUT2D eigenvalue weighted by Gasteiger charge is 2.32. The SMILES string of the molecule is CC(C)OC(=O)CN[P@@](=O)(CO[C@H](C)Cn1cnc2c(N)ncnc21)OCc1ccccc1.COC(=O)CN[P@@](=O)(CO[C@H](C)Cn1cnc2c(N)ncnc21)OCc1ccccc1.COC(=O)CN[P@](=O)(CO[C@H](C)Cn1cnc2c(N)ncnc21)OCc1ccccc1.COC(=O)CN[P@](=O)(CO[C@H](C)Cn1cnc2c(N)ncnc21)OCc1ccccc1. The Balaban J connectivity index is 0.000000190. The minimum Gasteiger partial charge on any atom is -0.468 e. The van der Waals surface area contributed by atoms with Crippen molar-refractivity contribution in [3.05, 3.63) is 194 Å². The number of fused-ring (bicyclic) bond motifs is 4. The first-order valence-electron chi connectivity index (χ1n) is 39.1. The highest BCUT2D eigenvalue weighted by Crippen LogP contribution is 2.47. The van der Waals surface area contributed by atoms with Crippen molar-refractivity contribution < 1.29 is 93.4 Å². The van der Waals surface area contributed by atoms with Crippen molar-refractivity contribution >= 4 is 122 Å². The van der Waals surface area contributed by atoms with Crippen LogP contribution in [0.15, 0.2) is 172 Å². The van der Waals surface area contributed by atoms with Gasteiger partial charge in [0.15, 0.2) is 45.9 Å². The number of benzene rings is 4. The maximum absolute atomic E-state index is 13.4. The van der Waals surface area contributed by atoms with E-state index in [4.69, 9.17) is 64.7 Å². The van der Waals surface area contributed by atoms with Gasteiger partial charge in [-0.1, -0.05) is 121 Å². The Bertz CT molecular complexity index is 5250. The Morgan fingerprint density at radius 1 is 0.325 bits per heavy atom. The number of methoxy groups -OCH3 is 3. The third-order valence-electron chi connectivity index (χ3n) is 17.7. The van der Waals surface area contributed by atoms with E-state index in [9.17, 15) is 37.4 Å². The molecule has 0 amide bonds. The van der Waals surface area contributed by atoms with Gasteiger partial charge in [-0.25, -0.2) is 80.2 Å². The van der Waals surface area contributed by atoms with Gasteiger partial charge in [-0.3, -0.25) is 37.4 Å². The summed E-state index contributed by atoms with van der Waals surface area (Å²) in [5.74, 6) is -1.02. The highest BCUT2D eigenvalue weighted by molar-refractivity contribution is 7.57. The Morgan fingerprint density at radius 3 is 0.746 bits per heavy atom. The van der Waals surface area contributed by atoms with Gasteiger partial charge in [0.2, 0.25) is 0 Å². The summed E-state index contributed by atoms with van der Waals surface area (Å²) >= 11 is 0. The lowest BCUT2D eigenvalue weighted by atomic mass is 10.2. The van der Waals surface area contributed by atoms with Gasteiger partial charge in [0, 0.05) is 0 Å².